The van der Waals surface area contributed by atoms with Gasteiger partial charge in [-0.25, -0.2) is 14.8 Å². The molecule has 0 bridgehead atoms. The van der Waals surface area contributed by atoms with Crippen molar-refractivity contribution in [3.63, 3.8) is 0 Å². The largest absolute Gasteiger partial charge is 0.478 e. The summed E-state index contributed by atoms with van der Waals surface area (Å²) in [6, 6.07) is 10.4. The quantitative estimate of drug-likeness (QED) is 0.465. The summed E-state index contributed by atoms with van der Waals surface area (Å²) in [5.41, 5.74) is 1.94. The number of imidazole rings is 1. The van der Waals surface area contributed by atoms with E-state index in [1.54, 1.807) is 30.5 Å². The van der Waals surface area contributed by atoms with E-state index in [9.17, 15) is 4.79 Å². The maximum absolute atomic E-state index is 11.0. The fourth-order valence-electron chi connectivity index (χ4n) is 2.43. The lowest BCUT2D eigenvalue weighted by molar-refractivity contribution is 0.0697. The van der Waals surface area contributed by atoms with Crippen LogP contribution >= 0.6 is 11.8 Å². The zero-order valence-electron chi connectivity index (χ0n) is 13.7. The number of rotatable bonds is 5. The Morgan fingerprint density at radius 3 is 2.77 bits per heavy atom. The fourth-order valence-corrected chi connectivity index (χ4v) is 3.24. The minimum atomic E-state index is -0.945. The Labute approximate surface area is 152 Å². The average molecular weight is 366 g/mol. The molecular weight excluding hydrogens is 352 g/mol. The van der Waals surface area contributed by atoms with Crippen molar-refractivity contribution in [3.8, 4) is 0 Å². The third-order valence-electron chi connectivity index (χ3n) is 3.64. The first-order valence-corrected chi connectivity index (χ1v) is 8.54. The molecule has 0 saturated heterocycles. The number of H-pyrrole nitrogens is 1. The molecule has 0 aliphatic carbocycles. The normalized spacial score (nSPS) is 11.0. The first kappa shape index (κ1) is 16.2. The summed E-state index contributed by atoms with van der Waals surface area (Å²) in [7, 11) is 0. The minimum absolute atomic E-state index is 0.252. The number of hydrogen-bond donors (Lipinski definition) is 3. The van der Waals surface area contributed by atoms with Crippen LogP contribution in [-0.2, 0) is 0 Å². The van der Waals surface area contributed by atoms with Gasteiger partial charge in [0, 0.05) is 35.1 Å². The monoisotopic (exact) mass is 366 g/mol. The van der Waals surface area contributed by atoms with Gasteiger partial charge >= 0.3 is 5.97 Å². The molecule has 3 N–H and O–H groups in total. The van der Waals surface area contributed by atoms with E-state index in [4.69, 9.17) is 5.11 Å². The van der Waals surface area contributed by atoms with Gasteiger partial charge in [0.1, 0.15) is 10.7 Å². The molecule has 0 aliphatic rings. The zero-order chi connectivity index (χ0) is 18.1. The summed E-state index contributed by atoms with van der Waals surface area (Å²) in [6.07, 6.45) is 3.52. The number of hydrogen-bond acceptors (Lipinski definition) is 6. The number of aromatic nitrogens is 5. The molecule has 3 aromatic heterocycles. The molecule has 0 spiro atoms. The Balaban J connectivity index is 1.65. The third kappa shape index (κ3) is 3.24. The summed E-state index contributed by atoms with van der Waals surface area (Å²) in [5, 5.41) is 20.0. The fraction of sp³-hybridized carbons (Fsp3) is 0.0588. The predicted molar refractivity (Wildman–Crippen MR) is 97.1 cm³/mol. The van der Waals surface area contributed by atoms with Crippen LogP contribution in [0.5, 0.6) is 0 Å². The minimum Gasteiger partial charge on any atom is -0.478 e. The standard InChI is InChI=1S/C17H14N6O2S/c1-10-8-13(22-21-10)19-17-20-15(9-14-18-6-7-23(14)17)26-12-4-2-11(3-5-12)16(24)25/h2-9H,1H3,(H,24,25)(H2,19,20,21,22). The van der Waals surface area contributed by atoms with Gasteiger partial charge in [-0.15, -0.1) is 0 Å². The topological polar surface area (TPSA) is 108 Å². The van der Waals surface area contributed by atoms with Crippen molar-refractivity contribution in [2.45, 2.75) is 16.8 Å². The number of anilines is 2. The van der Waals surface area contributed by atoms with Crippen LogP contribution in [0.25, 0.3) is 5.65 Å². The molecule has 8 nitrogen and oxygen atoms in total. The highest BCUT2D eigenvalue weighted by molar-refractivity contribution is 7.99. The van der Waals surface area contributed by atoms with Gasteiger partial charge in [0.25, 0.3) is 0 Å². The first-order chi connectivity index (χ1) is 12.6. The Hall–Kier alpha value is -3.33. The molecular formula is C17H14N6O2S. The maximum Gasteiger partial charge on any atom is 0.335 e. The number of nitrogens with one attached hydrogen (secondary N) is 2. The molecule has 0 fully saturated rings. The molecule has 0 atom stereocenters. The second-order valence-corrected chi connectivity index (χ2v) is 6.66. The number of carboxylic acids is 1. The van der Waals surface area contributed by atoms with Crippen molar-refractivity contribution in [2.24, 2.45) is 0 Å². The molecule has 4 rings (SSSR count). The molecule has 0 amide bonds. The van der Waals surface area contributed by atoms with E-state index >= 15 is 0 Å². The molecule has 1 aromatic carbocycles. The predicted octanol–water partition coefficient (Wildman–Crippen LogP) is 3.35. The molecule has 26 heavy (non-hydrogen) atoms. The number of nitrogens with zero attached hydrogens (tertiary/aromatic N) is 4. The molecule has 0 unspecified atom stereocenters. The summed E-state index contributed by atoms with van der Waals surface area (Å²) >= 11 is 1.43. The van der Waals surface area contributed by atoms with Crippen molar-refractivity contribution in [2.75, 3.05) is 5.32 Å². The van der Waals surface area contributed by atoms with Gasteiger partial charge in [-0.3, -0.25) is 9.50 Å². The number of benzene rings is 1. The number of aromatic amines is 1. The van der Waals surface area contributed by atoms with Crippen molar-refractivity contribution in [1.82, 2.24) is 24.6 Å². The highest BCUT2D eigenvalue weighted by Gasteiger charge is 2.10. The second-order valence-electron chi connectivity index (χ2n) is 5.57. The van der Waals surface area contributed by atoms with Gasteiger partial charge in [-0.2, -0.15) is 5.10 Å². The van der Waals surface area contributed by atoms with E-state index in [2.05, 4.69) is 25.5 Å². The Morgan fingerprint density at radius 1 is 1.27 bits per heavy atom. The van der Waals surface area contributed by atoms with E-state index in [-0.39, 0.29) is 5.56 Å². The highest BCUT2D eigenvalue weighted by Crippen LogP contribution is 2.29. The van der Waals surface area contributed by atoms with E-state index in [0.717, 1.165) is 21.3 Å². The van der Waals surface area contributed by atoms with E-state index < -0.39 is 5.97 Å². The first-order valence-electron chi connectivity index (χ1n) is 7.73. The highest BCUT2D eigenvalue weighted by atomic mass is 32.2. The van der Waals surface area contributed by atoms with Gasteiger partial charge in [0.15, 0.2) is 5.82 Å². The summed E-state index contributed by atoms with van der Waals surface area (Å²) in [6.45, 7) is 1.92. The molecule has 0 saturated carbocycles. The third-order valence-corrected chi connectivity index (χ3v) is 4.56. The van der Waals surface area contributed by atoms with Crippen LogP contribution in [0.2, 0.25) is 0 Å². The van der Waals surface area contributed by atoms with Gasteiger partial charge in [-0.05, 0) is 31.2 Å². The summed E-state index contributed by atoms with van der Waals surface area (Å²) in [4.78, 5) is 20.8. The SMILES string of the molecule is Cc1cc(Nc2nc(Sc3ccc(C(=O)O)cc3)cc3nccn23)n[nH]1. The van der Waals surface area contributed by atoms with Crippen LogP contribution in [0.1, 0.15) is 16.1 Å². The summed E-state index contributed by atoms with van der Waals surface area (Å²) < 4.78 is 1.83. The second kappa shape index (κ2) is 6.52. The lowest BCUT2D eigenvalue weighted by atomic mass is 10.2. The van der Waals surface area contributed by atoms with Gasteiger partial charge < -0.3 is 10.4 Å². The van der Waals surface area contributed by atoms with Crippen molar-refractivity contribution >= 4 is 35.1 Å². The van der Waals surface area contributed by atoms with Gasteiger partial charge in [0.2, 0.25) is 5.95 Å². The average Bonchev–Trinajstić information content (AvgIpc) is 3.24. The smallest absolute Gasteiger partial charge is 0.335 e. The lowest BCUT2D eigenvalue weighted by Crippen LogP contribution is -2.02. The number of aryl methyl sites for hydroxylation is 1. The Kier molecular flexibility index (Phi) is 4.05. The summed E-state index contributed by atoms with van der Waals surface area (Å²) in [5.74, 6) is 0.313. The van der Waals surface area contributed by atoms with E-state index in [0.29, 0.717) is 11.8 Å². The van der Waals surface area contributed by atoms with E-state index in [1.165, 1.54) is 11.8 Å². The van der Waals surface area contributed by atoms with Crippen molar-refractivity contribution in [1.29, 1.82) is 0 Å². The Morgan fingerprint density at radius 2 is 2.08 bits per heavy atom. The molecule has 0 aliphatic heterocycles. The molecule has 0 radical (unpaired) electrons. The molecule has 4 aromatic rings. The van der Waals surface area contributed by atoms with Crippen LogP contribution < -0.4 is 5.32 Å². The van der Waals surface area contributed by atoms with Crippen LogP contribution in [0, 0.1) is 6.92 Å². The molecule has 130 valence electrons. The van der Waals surface area contributed by atoms with Crippen LogP contribution in [0.3, 0.4) is 0 Å². The zero-order valence-corrected chi connectivity index (χ0v) is 14.5. The van der Waals surface area contributed by atoms with Crippen LogP contribution in [0.15, 0.2) is 58.7 Å². The Bertz CT molecular complexity index is 1090. The number of carboxylic acid groups (broad SMARTS) is 1. The number of fused-ring (bicyclic) bond motifs is 1. The van der Waals surface area contributed by atoms with Crippen molar-refractivity contribution in [3.05, 3.63) is 60.0 Å². The molecule has 9 heteroatoms. The van der Waals surface area contributed by atoms with Gasteiger partial charge in [-0.1, -0.05) is 11.8 Å². The molecule has 3 heterocycles. The van der Waals surface area contributed by atoms with Crippen LogP contribution in [0.4, 0.5) is 11.8 Å². The number of carbonyl (C=O) groups is 1. The van der Waals surface area contributed by atoms with E-state index in [1.807, 2.05) is 29.7 Å². The van der Waals surface area contributed by atoms with Crippen LogP contribution in [-0.4, -0.2) is 35.6 Å². The lowest BCUT2D eigenvalue weighted by Gasteiger charge is -2.08. The van der Waals surface area contributed by atoms with Crippen molar-refractivity contribution < 1.29 is 9.90 Å². The van der Waals surface area contributed by atoms with Gasteiger partial charge in [0.05, 0.1) is 5.56 Å². The number of aromatic carboxylic acids is 1. The maximum atomic E-state index is 11.0.